The number of rotatable bonds is 3. The number of likely N-dealkylation sites (tertiary alicyclic amines) is 1. The molecule has 116 valence electrons. The number of hydrogen-bond donors (Lipinski definition) is 1. The summed E-state index contributed by atoms with van der Waals surface area (Å²) >= 11 is 1.77. The Kier molecular flexibility index (Phi) is 3.99. The number of piperidine rings is 1. The van der Waals surface area contributed by atoms with Crippen LogP contribution in [0.25, 0.3) is 10.6 Å². The molecule has 0 spiro atoms. The van der Waals surface area contributed by atoms with E-state index in [0.717, 1.165) is 23.5 Å². The van der Waals surface area contributed by atoms with Crippen molar-refractivity contribution in [3.05, 3.63) is 40.9 Å². The fourth-order valence-electron chi connectivity index (χ4n) is 3.70. The average molecular weight is 313 g/mol. The third kappa shape index (κ3) is 2.96. The van der Waals surface area contributed by atoms with Crippen LogP contribution in [0.1, 0.15) is 24.1 Å². The summed E-state index contributed by atoms with van der Waals surface area (Å²) in [6.07, 6.45) is 2.63. The van der Waals surface area contributed by atoms with Gasteiger partial charge in [-0.15, -0.1) is 11.3 Å². The van der Waals surface area contributed by atoms with Gasteiger partial charge in [-0.3, -0.25) is 4.90 Å². The van der Waals surface area contributed by atoms with Crippen LogP contribution in [0.2, 0.25) is 0 Å². The second-order valence-electron chi connectivity index (χ2n) is 6.64. The van der Waals surface area contributed by atoms with Gasteiger partial charge in [0.2, 0.25) is 0 Å². The second-order valence-corrected chi connectivity index (χ2v) is 7.50. The summed E-state index contributed by atoms with van der Waals surface area (Å²) in [6, 6.07) is 9.44. The van der Waals surface area contributed by atoms with E-state index >= 15 is 0 Å². The summed E-state index contributed by atoms with van der Waals surface area (Å²) < 4.78 is 0. The highest BCUT2D eigenvalue weighted by molar-refractivity contribution is 7.13. The zero-order valence-electron chi connectivity index (χ0n) is 13.1. The van der Waals surface area contributed by atoms with Crippen molar-refractivity contribution in [2.45, 2.75) is 32.4 Å². The lowest BCUT2D eigenvalue weighted by atomic mass is 9.93. The molecule has 0 amide bonds. The molecule has 1 aromatic heterocycles. The van der Waals surface area contributed by atoms with Crippen molar-refractivity contribution < 1.29 is 0 Å². The van der Waals surface area contributed by atoms with E-state index in [1.165, 1.54) is 49.3 Å². The normalized spacial score (nSPS) is 25.3. The van der Waals surface area contributed by atoms with E-state index in [1.807, 2.05) is 0 Å². The number of nitrogens with zero attached hydrogens (tertiary/aromatic N) is 2. The molecule has 1 aromatic carbocycles. The van der Waals surface area contributed by atoms with Gasteiger partial charge in [-0.2, -0.15) is 0 Å². The molecule has 22 heavy (non-hydrogen) atoms. The molecule has 2 saturated heterocycles. The van der Waals surface area contributed by atoms with Gasteiger partial charge in [0.05, 0.1) is 5.69 Å². The number of aromatic nitrogens is 1. The van der Waals surface area contributed by atoms with Crippen molar-refractivity contribution in [1.29, 1.82) is 0 Å². The van der Waals surface area contributed by atoms with Gasteiger partial charge in [-0.1, -0.05) is 29.8 Å². The first-order valence-electron chi connectivity index (χ1n) is 8.25. The molecule has 2 atom stereocenters. The Balaban J connectivity index is 1.42. The molecular formula is C18H23N3S. The lowest BCUT2D eigenvalue weighted by molar-refractivity contribution is 0.154. The van der Waals surface area contributed by atoms with Crippen molar-refractivity contribution in [3.8, 4) is 10.6 Å². The third-order valence-corrected chi connectivity index (χ3v) is 5.92. The minimum Gasteiger partial charge on any atom is -0.314 e. The Labute approximate surface area is 136 Å². The van der Waals surface area contributed by atoms with E-state index in [0.29, 0.717) is 0 Å². The standard InChI is InChI=1S/C18H23N3S/c1-13-2-4-14(5-3-13)18-20-16(12-22-18)11-21-9-7-17-15(10-21)6-8-19-17/h2-5,12,15,17,19H,6-11H2,1H3. The Morgan fingerprint density at radius 1 is 1.27 bits per heavy atom. The minimum absolute atomic E-state index is 0.773. The highest BCUT2D eigenvalue weighted by Crippen LogP contribution is 2.28. The molecule has 2 aliphatic heterocycles. The second kappa shape index (κ2) is 6.11. The molecule has 2 unspecified atom stereocenters. The fourth-order valence-corrected chi connectivity index (χ4v) is 4.52. The first-order chi connectivity index (χ1) is 10.8. The van der Waals surface area contributed by atoms with Gasteiger partial charge < -0.3 is 5.32 Å². The van der Waals surface area contributed by atoms with Crippen LogP contribution in [0.3, 0.4) is 0 Å². The number of aryl methyl sites for hydroxylation is 1. The van der Waals surface area contributed by atoms with Gasteiger partial charge in [0.25, 0.3) is 0 Å². The summed E-state index contributed by atoms with van der Waals surface area (Å²) in [7, 11) is 0. The van der Waals surface area contributed by atoms with Gasteiger partial charge in [0.15, 0.2) is 0 Å². The van der Waals surface area contributed by atoms with Crippen molar-refractivity contribution in [2.75, 3.05) is 19.6 Å². The molecule has 4 rings (SSSR count). The molecule has 1 N–H and O–H groups in total. The van der Waals surface area contributed by atoms with E-state index < -0.39 is 0 Å². The predicted octanol–water partition coefficient (Wildman–Crippen LogP) is 3.30. The maximum atomic E-state index is 4.85. The Bertz CT molecular complexity index is 634. The quantitative estimate of drug-likeness (QED) is 0.942. The highest BCUT2D eigenvalue weighted by Gasteiger charge is 2.32. The lowest BCUT2D eigenvalue weighted by Crippen LogP contribution is -2.43. The molecule has 2 fully saturated rings. The van der Waals surface area contributed by atoms with Gasteiger partial charge >= 0.3 is 0 Å². The fraction of sp³-hybridized carbons (Fsp3) is 0.500. The van der Waals surface area contributed by atoms with Crippen molar-refractivity contribution in [3.63, 3.8) is 0 Å². The molecule has 4 heteroatoms. The van der Waals surface area contributed by atoms with Crippen LogP contribution in [0.4, 0.5) is 0 Å². The van der Waals surface area contributed by atoms with E-state index in [4.69, 9.17) is 4.98 Å². The number of hydrogen-bond acceptors (Lipinski definition) is 4. The number of fused-ring (bicyclic) bond motifs is 1. The smallest absolute Gasteiger partial charge is 0.123 e. The summed E-state index contributed by atoms with van der Waals surface area (Å²) in [5, 5.41) is 7.01. The molecule has 0 aliphatic carbocycles. The van der Waals surface area contributed by atoms with E-state index in [2.05, 4.69) is 46.8 Å². The van der Waals surface area contributed by atoms with Gasteiger partial charge in [0.1, 0.15) is 5.01 Å². The van der Waals surface area contributed by atoms with Gasteiger partial charge in [-0.25, -0.2) is 4.98 Å². The summed E-state index contributed by atoms with van der Waals surface area (Å²) in [5.41, 5.74) is 3.76. The molecule has 0 bridgehead atoms. The highest BCUT2D eigenvalue weighted by atomic mass is 32.1. The zero-order valence-corrected chi connectivity index (χ0v) is 13.9. The molecule has 3 nitrogen and oxygen atoms in total. The minimum atomic E-state index is 0.773. The van der Waals surface area contributed by atoms with Crippen LogP contribution < -0.4 is 5.32 Å². The first kappa shape index (κ1) is 14.4. The van der Waals surface area contributed by atoms with E-state index in [-0.39, 0.29) is 0 Å². The van der Waals surface area contributed by atoms with Crippen LogP contribution in [0.5, 0.6) is 0 Å². The summed E-state index contributed by atoms with van der Waals surface area (Å²) in [5.74, 6) is 0.851. The Hall–Kier alpha value is -1.23. The monoisotopic (exact) mass is 313 g/mol. The number of nitrogens with one attached hydrogen (secondary N) is 1. The molecule has 2 aliphatic rings. The van der Waals surface area contributed by atoms with Crippen molar-refractivity contribution in [1.82, 2.24) is 15.2 Å². The van der Waals surface area contributed by atoms with Crippen LogP contribution in [0.15, 0.2) is 29.6 Å². The lowest BCUT2D eigenvalue weighted by Gasteiger charge is -2.34. The maximum absolute atomic E-state index is 4.85. The third-order valence-electron chi connectivity index (χ3n) is 4.98. The molecule has 0 radical (unpaired) electrons. The van der Waals surface area contributed by atoms with Crippen molar-refractivity contribution in [2.24, 2.45) is 5.92 Å². The van der Waals surface area contributed by atoms with Gasteiger partial charge in [0, 0.05) is 36.6 Å². The SMILES string of the molecule is Cc1ccc(-c2nc(CN3CCC4NCCC4C3)cs2)cc1. The maximum Gasteiger partial charge on any atom is 0.123 e. The Morgan fingerprint density at radius 3 is 3.00 bits per heavy atom. The largest absolute Gasteiger partial charge is 0.314 e. The van der Waals surface area contributed by atoms with Crippen LogP contribution >= 0.6 is 11.3 Å². The summed E-state index contributed by atoms with van der Waals surface area (Å²) in [6.45, 7) is 6.77. The molecule has 2 aromatic rings. The van der Waals surface area contributed by atoms with E-state index in [1.54, 1.807) is 11.3 Å². The molecule has 3 heterocycles. The van der Waals surface area contributed by atoms with Crippen molar-refractivity contribution >= 4 is 11.3 Å². The molecule has 0 saturated carbocycles. The number of benzene rings is 1. The zero-order chi connectivity index (χ0) is 14.9. The molecular weight excluding hydrogens is 290 g/mol. The Morgan fingerprint density at radius 2 is 2.14 bits per heavy atom. The van der Waals surface area contributed by atoms with Crippen LogP contribution in [-0.2, 0) is 6.54 Å². The summed E-state index contributed by atoms with van der Waals surface area (Å²) in [4.78, 5) is 7.44. The van der Waals surface area contributed by atoms with E-state index in [9.17, 15) is 0 Å². The predicted molar refractivity (Wildman–Crippen MR) is 92.1 cm³/mol. The first-order valence-corrected chi connectivity index (χ1v) is 9.13. The number of thiazole rings is 1. The van der Waals surface area contributed by atoms with Crippen LogP contribution in [0, 0.1) is 12.8 Å². The van der Waals surface area contributed by atoms with Crippen LogP contribution in [-0.4, -0.2) is 35.6 Å². The average Bonchev–Trinajstić information content (AvgIpc) is 3.17. The van der Waals surface area contributed by atoms with Gasteiger partial charge in [-0.05, 0) is 32.2 Å². The topological polar surface area (TPSA) is 28.2 Å².